The van der Waals surface area contributed by atoms with Crippen molar-refractivity contribution in [3.05, 3.63) is 35.4 Å². The Balaban J connectivity index is 2.56. The van der Waals surface area contributed by atoms with Gasteiger partial charge in [0.2, 0.25) is 5.91 Å². The molecule has 1 N–H and O–H groups in total. The minimum Gasteiger partial charge on any atom is -0.388 e. The topological polar surface area (TPSA) is 40.5 Å². The first-order valence-electron chi connectivity index (χ1n) is 6.40. The van der Waals surface area contributed by atoms with E-state index in [1.54, 1.807) is 19.0 Å². The highest BCUT2D eigenvalue weighted by Gasteiger charge is 2.11. The van der Waals surface area contributed by atoms with Gasteiger partial charge in [-0.25, -0.2) is 0 Å². The number of nitrogens with zero attached hydrogens (tertiary/aromatic N) is 1. The van der Waals surface area contributed by atoms with Gasteiger partial charge in [-0.15, -0.1) is 0 Å². The molecule has 3 nitrogen and oxygen atoms in total. The molecule has 0 aliphatic rings. The Bertz CT molecular complexity index is 382. The van der Waals surface area contributed by atoms with Crippen molar-refractivity contribution in [2.24, 2.45) is 0 Å². The number of hydrogen-bond acceptors (Lipinski definition) is 2. The minimum absolute atomic E-state index is 0.0489. The van der Waals surface area contributed by atoms with Crippen molar-refractivity contribution in [1.82, 2.24) is 4.90 Å². The first-order valence-corrected chi connectivity index (χ1v) is 6.40. The molecular weight excluding hydrogens is 226 g/mol. The zero-order valence-corrected chi connectivity index (χ0v) is 11.7. The second-order valence-electron chi connectivity index (χ2n) is 5.16. The summed E-state index contributed by atoms with van der Waals surface area (Å²) in [5, 5.41) is 10.0. The van der Waals surface area contributed by atoms with Gasteiger partial charge in [0.15, 0.2) is 0 Å². The van der Waals surface area contributed by atoms with Gasteiger partial charge < -0.3 is 10.0 Å². The molecule has 0 bridgehead atoms. The van der Waals surface area contributed by atoms with Gasteiger partial charge in [-0.3, -0.25) is 4.79 Å². The fourth-order valence-electron chi connectivity index (χ4n) is 1.75. The van der Waals surface area contributed by atoms with E-state index in [4.69, 9.17) is 0 Å². The lowest BCUT2D eigenvalue weighted by molar-refractivity contribution is -0.129. The quantitative estimate of drug-likeness (QED) is 0.871. The first kappa shape index (κ1) is 14.7. The van der Waals surface area contributed by atoms with E-state index in [0.29, 0.717) is 18.8 Å². The number of aliphatic hydroxyl groups is 1. The predicted octanol–water partition coefficient (Wildman–Crippen LogP) is 2.71. The molecule has 0 radical (unpaired) electrons. The van der Waals surface area contributed by atoms with E-state index in [9.17, 15) is 9.90 Å². The lowest BCUT2D eigenvalue weighted by Crippen LogP contribution is -2.21. The molecule has 18 heavy (non-hydrogen) atoms. The van der Waals surface area contributed by atoms with Crippen LogP contribution in [-0.2, 0) is 4.79 Å². The van der Waals surface area contributed by atoms with Gasteiger partial charge in [0.25, 0.3) is 0 Å². The predicted molar refractivity (Wildman–Crippen MR) is 73.4 cm³/mol. The molecule has 0 saturated heterocycles. The monoisotopic (exact) mass is 249 g/mol. The fourth-order valence-corrected chi connectivity index (χ4v) is 1.75. The number of amides is 1. The van der Waals surface area contributed by atoms with E-state index in [0.717, 1.165) is 5.56 Å². The molecule has 0 aromatic heterocycles. The third-order valence-corrected chi connectivity index (χ3v) is 3.12. The fraction of sp³-hybridized carbons (Fsp3) is 0.533. The van der Waals surface area contributed by atoms with Crippen molar-refractivity contribution in [2.45, 2.75) is 38.7 Å². The van der Waals surface area contributed by atoms with Crippen molar-refractivity contribution >= 4 is 5.91 Å². The SMILES string of the molecule is CC(C)c1ccc(C(O)CCC(=O)N(C)C)cc1. The van der Waals surface area contributed by atoms with E-state index in [1.807, 2.05) is 24.3 Å². The van der Waals surface area contributed by atoms with Crippen LogP contribution in [0.1, 0.15) is 49.8 Å². The van der Waals surface area contributed by atoms with E-state index in [1.165, 1.54) is 5.56 Å². The van der Waals surface area contributed by atoms with Crippen molar-refractivity contribution in [1.29, 1.82) is 0 Å². The van der Waals surface area contributed by atoms with Crippen LogP contribution in [-0.4, -0.2) is 30.0 Å². The molecule has 1 aromatic rings. The molecule has 100 valence electrons. The molecule has 1 unspecified atom stereocenters. The summed E-state index contributed by atoms with van der Waals surface area (Å²) in [7, 11) is 3.46. The number of rotatable bonds is 5. The average molecular weight is 249 g/mol. The number of benzene rings is 1. The smallest absolute Gasteiger partial charge is 0.222 e. The van der Waals surface area contributed by atoms with Gasteiger partial charge in [0, 0.05) is 20.5 Å². The molecule has 3 heteroatoms. The summed E-state index contributed by atoms with van der Waals surface area (Å²) in [5.41, 5.74) is 2.14. The summed E-state index contributed by atoms with van der Waals surface area (Å²) >= 11 is 0. The van der Waals surface area contributed by atoms with Gasteiger partial charge in [0.1, 0.15) is 0 Å². The number of carbonyl (C=O) groups excluding carboxylic acids is 1. The van der Waals surface area contributed by atoms with E-state index < -0.39 is 6.10 Å². The molecule has 1 rings (SSSR count). The Morgan fingerprint density at radius 1 is 1.17 bits per heavy atom. The van der Waals surface area contributed by atoms with Crippen LogP contribution in [0.3, 0.4) is 0 Å². The molecule has 0 heterocycles. The standard InChI is InChI=1S/C15H23NO2/c1-11(2)12-5-7-13(8-6-12)14(17)9-10-15(18)16(3)4/h5-8,11,14,17H,9-10H2,1-4H3. The summed E-state index contributed by atoms with van der Waals surface area (Å²) in [4.78, 5) is 13.0. The second-order valence-corrected chi connectivity index (χ2v) is 5.16. The summed E-state index contributed by atoms with van der Waals surface area (Å²) in [6, 6.07) is 7.97. The van der Waals surface area contributed by atoms with Crippen LogP contribution < -0.4 is 0 Å². The largest absolute Gasteiger partial charge is 0.388 e. The van der Waals surface area contributed by atoms with Gasteiger partial charge in [-0.1, -0.05) is 38.1 Å². The normalized spacial score (nSPS) is 12.6. The van der Waals surface area contributed by atoms with Crippen LogP contribution in [0, 0.1) is 0 Å². The van der Waals surface area contributed by atoms with Crippen molar-refractivity contribution in [2.75, 3.05) is 14.1 Å². The molecule has 0 fully saturated rings. The average Bonchev–Trinajstić information content (AvgIpc) is 2.35. The molecular formula is C15H23NO2. The van der Waals surface area contributed by atoms with Crippen molar-refractivity contribution < 1.29 is 9.90 Å². The zero-order chi connectivity index (χ0) is 13.7. The van der Waals surface area contributed by atoms with Gasteiger partial charge in [0.05, 0.1) is 6.10 Å². The van der Waals surface area contributed by atoms with Gasteiger partial charge in [-0.2, -0.15) is 0 Å². The van der Waals surface area contributed by atoms with E-state index in [-0.39, 0.29) is 5.91 Å². The Morgan fingerprint density at radius 3 is 2.11 bits per heavy atom. The number of hydrogen-bond donors (Lipinski definition) is 1. The summed E-state index contributed by atoms with van der Waals surface area (Å²) in [6.45, 7) is 4.28. The lowest BCUT2D eigenvalue weighted by atomic mass is 9.98. The molecule has 0 aliphatic carbocycles. The minimum atomic E-state index is -0.560. The van der Waals surface area contributed by atoms with Crippen LogP contribution in [0.5, 0.6) is 0 Å². The highest BCUT2D eigenvalue weighted by Crippen LogP contribution is 2.21. The van der Waals surface area contributed by atoms with Crippen LogP contribution in [0.15, 0.2) is 24.3 Å². The zero-order valence-electron chi connectivity index (χ0n) is 11.7. The highest BCUT2D eigenvalue weighted by atomic mass is 16.3. The van der Waals surface area contributed by atoms with E-state index >= 15 is 0 Å². The Morgan fingerprint density at radius 2 is 1.67 bits per heavy atom. The maximum Gasteiger partial charge on any atom is 0.222 e. The summed E-state index contributed by atoms with van der Waals surface area (Å²) in [6.07, 6.45) is 0.285. The molecule has 1 atom stereocenters. The maximum atomic E-state index is 11.4. The van der Waals surface area contributed by atoms with Crippen LogP contribution in [0.2, 0.25) is 0 Å². The molecule has 1 aromatic carbocycles. The van der Waals surface area contributed by atoms with Gasteiger partial charge in [-0.05, 0) is 23.5 Å². The molecule has 0 saturated carbocycles. The first-order chi connectivity index (χ1) is 8.41. The maximum absolute atomic E-state index is 11.4. The second kappa shape index (κ2) is 6.55. The summed E-state index contributed by atoms with van der Waals surface area (Å²) in [5.74, 6) is 0.541. The van der Waals surface area contributed by atoms with Gasteiger partial charge >= 0.3 is 0 Å². The number of aliphatic hydroxyl groups excluding tert-OH is 1. The highest BCUT2D eigenvalue weighted by molar-refractivity contribution is 5.75. The third kappa shape index (κ3) is 4.15. The van der Waals surface area contributed by atoms with E-state index in [2.05, 4.69) is 13.8 Å². The lowest BCUT2D eigenvalue weighted by Gasteiger charge is -2.14. The van der Waals surface area contributed by atoms with Crippen LogP contribution in [0.25, 0.3) is 0 Å². The summed E-state index contributed by atoms with van der Waals surface area (Å²) < 4.78 is 0. The van der Waals surface area contributed by atoms with Crippen LogP contribution >= 0.6 is 0 Å². The van der Waals surface area contributed by atoms with Crippen LogP contribution in [0.4, 0.5) is 0 Å². The third-order valence-electron chi connectivity index (χ3n) is 3.12. The Hall–Kier alpha value is -1.35. The number of carbonyl (C=O) groups is 1. The van der Waals surface area contributed by atoms with Crippen molar-refractivity contribution in [3.8, 4) is 0 Å². The Kier molecular flexibility index (Phi) is 5.35. The van der Waals surface area contributed by atoms with Crippen molar-refractivity contribution in [3.63, 3.8) is 0 Å². The molecule has 0 spiro atoms. The molecule has 1 amide bonds. The Labute approximate surface area is 109 Å². The molecule has 0 aliphatic heterocycles.